The summed E-state index contributed by atoms with van der Waals surface area (Å²) in [5.41, 5.74) is -5.95. The van der Waals surface area contributed by atoms with E-state index in [1.54, 1.807) is 0 Å². The van der Waals surface area contributed by atoms with Crippen LogP contribution in [0, 0.1) is 0 Å². The van der Waals surface area contributed by atoms with Gasteiger partial charge >= 0.3 is 51.2 Å². The predicted molar refractivity (Wildman–Crippen MR) is 63.4 cm³/mol. The molecule has 0 saturated heterocycles. The second-order valence-electron chi connectivity index (χ2n) is 4.83. The Balaban J connectivity index is -0.0000000847. The fourth-order valence-electron chi connectivity index (χ4n) is 1.37. The van der Waals surface area contributed by atoms with Crippen LogP contribution in [-0.4, -0.2) is 57.2 Å². The van der Waals surface area contributed by atoms with E-state index in [2.05, 4.69) is 0 Å². The molecule has 0 aliphatic carbocycles. The third-order valence-electron chi connectivity index (χ3n) is 2.51. The van der Waals surface area contributed by atoms with Crippen LogP contribution in [0.25, 0.3) is 0 Å². The Morgan fingerprint density at radius 1 is 0.500 bits per heavy atom. The molecule has 15 nitrogen and oxygen atoms in total. The van der Waals surface area contributed by atoms with Crippen LogP contribution in [0.1, 0.15) is 25.7 Å². The molecule has 0 rings (SSSR count). The molecule has 0 heterocycles. The molecule has 0 aromatic rings. The van der Waals surface area contributed by atoms with Gasteiger partial charge in [-0.15, -0.1) is 0 Å². The van der Waals surface area contributed by atoms with Crippen LogP contribution in [0.5, 0.6) is 0 Å². The summed E-state index contributed by atoms with van der Waals surface area (Å²) in [5, 5.41) is 77.9. The van der Waals surface area contributed by atoms with Gasteiger partial charge in [0.15, 0.2) is 0 Å². The van der Waals surface area contributed by atoms with E-state index in [9.17, 15) is 59.4 Å². The number of rotatable bonds is 10. The average Bonchev–Trinajstić information content (AvgIpc) is 2.34. The Hall–Kier alpha value is -1.74. The van der Waals surface area contributed by atoms with Crippen molar-refractivity contribution in [1.82, 2.24) is 6.15 Å². The summed E-state index contributed by atoms with van der Waals surface area (Å²) in [4.78, 5) is 60.0. The second-order valence-corrected chi connectivity index (χ2v) is 4.83. The Labute approximate surface area is 199 Å². The fraction of sp³-hybridized carbons (Fsp3) is 0.500. The minimum absolute atomic E-state index is 0. The quantitative estimate of drug-likeness (QED) is 0.208. The maximum Gasteiger partial charge on any atom is 2.00 e. The van der Waals surface area contributed by atoms with E-state index in [4.69, 9.17) is 10.2 Å². The first-order valence-corrected chi connectivity index (χ1v) is 6.23. The maximum atomic E-state index is 10.1. The van der Waals surface area contributed by atoms with Gasteiger partial charge in [0, 0.05) is 49.6 Å². The van der Waals surface area contributed by atoms with Gasteiger partial charge in [-0.3, -0.25) is 0 Å². The third kappa shape index (κ3) is 18.3. The van der Waals surface area contributed by atoms with Gasteiger partial charge in [-0.2, -0.15) is 0 Å². The summed E-state index contributed by atoms with van der Waals surface area (Å²) in [6, 6.07) is 0. The number of hydrogen-bond donors (Lipinski definition) is 3. The summed E-state index contributed by atoms with van der Waals surface area (Å²) >= 11 is 0. The van der Waals surface area contributed by atoms with E-state index >= 15 is 0 Å². The topological polar surface area (TPSA) is 316 Å². The van der Waals surface area contributed by atoms with Crippen molar-refractivity contribution in [2.24, 2.45) is 0 Å². The number of aliphatic carboxylic acids is 6. The molecule has 0 atom stereocenters. The molecule has 0 aromatic carbocycles. The Kier molecular flexibility index (Phi) is 25.5. The molecule has 0 radical (unpaired) electrons. The van der Waals surface area contributed by atoms with Crippen LogP contribution in [0.3, 0.4) is 0 Å². The van der Waals surface area contributed by atoms with Crippen LogP contribution in [-0.2, 0) is 80.0 Å². The van der Waals surface area contributed by atoms with Crippen LogP contribution in [0.2, 0.25) is 0 Å². The fourth-order valence-corrected chi connectivity index (χ4v) is 1.37. The van der Waals surface area contributed by atoms with Crippen molar-refractivity contribution >= 4 is 35.8 Å². The molecule has 0 unspecified atom stereocenters. The van der Waals surface area contributed by atoms with Crippen LogP contribution in [0.15, 0.2) is 0 Å². The summed E-state index contributed by atoms with van der Waals surface area (Å²) in [5.74, 6) is -12.0. The van der Waals surface area contributed by atoms with Crippen molar-refractivity contribution in [2.45, 2.75) is 36.9 Å². The Morgan fingerprint density at radius 3 is 0.700 bits per heavy atom. The Morgan fingerprint density at radius 2 is 0.633 bits per heavy atom. The van der Waals surface area contributed by atoms with E-state index in [0.717, 1.165) is 0 Å². The summed E-state index contributed by atoms with van der Waals surface area (Å²) in [7, 11) is 0. The van der Waals surface area contributed by atoms with Crippen LogP contribution >= 0.6 is 0 Å². The van der Waals surface area contributed by atoms with Crippen molar-refractivity contribution in [3.63, 3.8) is 0 Å². The third-order valence-corrected chi connectivity index (χ3v) is 2.51. The number of aliphatic hydroxyl groups is 2. The van der Waals surface area contributed by atoms with Crippen molar-refractivity contribution in [3.8, 4) is 0 Å². The van der Waals surface area contributed by atoms with Crippen LogP contribution in [0.4, 0.5) is 0 Å². The summed E-state index contributed by atoms with van der Waals surface area (Å²) in [6.45, 7) is 0. The molecular formula is C12H13Fe3NO14. The van der Waals surface area contributed by atoms with Gasteiger partial charge in [0.1, 0.15) is 11.2 Å². The van der Waals surface area contributed by atoms with Crippen molar-refractivity contribution in [3.05, 3.63) is 0 Å². The smallest absolute Gasteiger partial charge is 0.550 e. The molecule has 0 spiro atoms. The van der Waals surface area contributed by atoms with E-state index in [1.165, 1.54) is 0 Å². The molecule has 0 fully saturated rings. The molecule has 0 bridgehead atoms. The van der Waals surface area contributed by atoms with Crippen molar-refractivity contribution in [2.75, 3.05) is 0 Å². The van der Waals surface area contributed by atoms with Gasteiger partial charge in [-0.1, -0.05) is 0 Å². The molecule has 0 aliphatic rings. The van der Waals surface area contributed by atoms with Gasteiger partial charge in [0.2, 0.25) is 0 Å². The van der Waals surface area contributed by atoms with Gasteiger partial charge in [0.05, 0.1) is 11.9 Å². The van der Waals surface area contributed by atoms with E-state index in [-0.39, 0.29) is 57.4 Å². The summed E-state index contributed by atoms with van der Waals surface area (Å²) < 4.78 is 0. The van der Waals surface area contributed by atoms with E-state index < -0.39 is 72.7 Å². The molecular weight excluding hydrogens is 550 g/mol. The molecule has 0 aliphatic heterocycles. The average molecular weight is 563 g/mol. The molecule has 0 amide bonds. The first kappa shape index (κ1) is 42.4. The normalized spacial score (nSPS) is 9.40. The monoisotopic (exact) mass is 563 g/mol. The zero-order chi connectivity index (χ0) is 21.3. The second kappa shape index (κ2) is 18.1. The first-order chi connectivity index (χ1) is 11.6. The number of carbonyl (C=O) groups is 6. The van der Waals surface area contributed by atoms with Crippen molar-refractivity contribution in [1.29, 1.82) is 0 Å². The van der Waals surface area contributed by atoms with Crippen LogP contribution < -0.4 is 36.8 Å². The van der Waals surface area contributed by atoms with Gasteiger partial charge in [-0.25, -0.2) is 0 Å². The number of hydrogen-bond acceptors (Lipinski definition) is 15. The minimum Gasteiger partial charge on any atom is -0.550 e. The van der Waals surface area contributed by atoms with Gasteiger partial charge in [0.25, 0.3) is 0 Å². The van der Waals surface area contributed by atoms with Gasteiger partial charge in [-0.05, 0) is 0 Å². The zero-order valence-electron chi connectivity index (χ0n) is 14.4. The molecule has 0 aromatic heterocycles. The SMILES string of the molecule is N.O=C([O-])CC(O)(CC(=O)[O-])C(=O)[O-].O=C([O-])CC(O)(CC(=O)[O-])C(=O)[O-].[Fe+2].[Fe+2].[Fe+2]. The Bertz CT molecular complexity index is 527. The number of carboxylic acid groups (broad SMARTS) is 6. The molecule has 18 heteroatoms. The van der Waals surface area contributed by atoms with E-state index in [1.807, 2.05) is 0 Å². The number of carboxylic acids is 6. The van der Waals surface area contributed by atoms with Crippen molar-refractivity contribution < 1.29 is 121 Å². The molecule has 0 saturated carbocycles. The minimum atomic E-state index is -2.97. The standard InChI is InChI=1S/2C6H8O7.3Fe.H3N/c2*7-3(8)1-6(13,5(11)12)2-4(9)10;;;;/h2*13H,1-2H2,(H,7,8)(H,9,10)(H,11,12);;;;1H3/q;;3*+2;/p-6. The summed E-state index contributed by atoms with van der Waals surface area (Å²) in [6.07, 6.45) is -5.43. The molecule has 30 heavy (non-hydrogen) atoms. The molecule has 174 valence electrons. The maximum absolute atomic E-state index is 10.1. The zero-order valence-corrected chi connectivity index (χ0v) is 17.7. The van der Waals surface area contributed by atoms with E-state index in [0.29, 0.717) is 0 Å². The van der Waals surface area contributed by atoms with Gasteiger partial charge < -0.3 is 75.8 Å². The largest absolute Gasteiger partial charge is 2.00 e. The predicted octanol–water partition coefficient (Wildman–Crippen LogP) is -10.4. The first-order valence-electron chi connectivity index (χ1n) is 6.23. The number of carbonyl (C=O) groups excluding carboxylic acids is 6. The molecule has 5 N–H and O–H groups in total.